The number of halogens is 3. The molecular weight excluding hydrogens is 433 g/mol. The molecule has 0 aliphatic rings. The predicted octanol–water partition coefficient (Wildman–Crippen LogP) is 6.95. The van der Waals surface area contributed by atoms with Crippen molar-refractivity contribution in [3.05, 3.63) is 60.3 Å². The van der Waals surface area contributed by atoms with Crippen molar-refractivity contribution in [2.45, 2.75) is 52.5 Å². The largest absolute Gasteiger partial charge is 0.491 e. The average molecular weight is 461 g/mol. The van der Waals surface area contributed by atoms with Crippen molar-refractivity contribution in [3.63, 3.8) is 0 Å². The molecule has 0 fully saturated rings. The monoisotopic (exact) mass is 460 g/mol. The minimum atomic E-state index is -4.62. The molecule has 0 amide bonds. The third-order valence-electron chi connectivity index (χ3n) is 4.59. The number of anilines is 4. The zero-order chi connectivity index (χ0) is 24.0. The summed E-state index contributed by atoms with van der Waals surface area (Å²) in [4.78, 5) is 7.92. The highest BCUT2D eigenvalue weighted by atomic mass is 19.4. The van der Waals surface area contributed by atoms with E-state index in [-0.39, 0.29) is 24.0 Å². The quantitative estimate of drug-likeness (QED) is 0.360. The first kappa shape index (κ1) is 24.2. The van der Waals surface area contributed by atoms with Crippen LogP contribution < -0.4 is 20.1 Å². The molecule has 9 heteroatoms. The number of rotatable bonds is 9. The molecular formula is C24H27F3N4O2. The standard InChI is InChI=1S/C24H27F3N4O2/c1-5-16(4)33-19-11-9-17(10-12-19)30-23-28-14-21(24(25,26)27)22(31-23)29-18-7-6-8-20(13-18)32-15(2)3/h6-16H,5H2,1-4H3,(H2,28,29,30,31). The van der Waals surface area contributed by atoms with Crippen LogP contribution in [0, 0.1) is 0 Å². The van der Waals surface area contributed by atoms with E-state index in [0.717, 1.165) is 12.6 Å². The number of aromatic nitrogens is 2. The lowest BCUT2D eigenvalue weighted by atomic mass is 10.2. The Labute approximate surface area is 191 Å². The molecule has 3 aromatic rings. The maximum Gasteiger partial charge on any atom is 0.421 e. The van der Waals surface area contributed by atoms with Gasteiger partial charge in [0.25, 0.3) is 0 Å². The fraction of sp³-hybridized carbons (Fsp3) is 0.333. The Morgan fingerprint density at radius 2 is 1.64 bits per heavy atom. The van der Waals surface area contributed by atoms with E-state index in [9.17, 15) is 13.2 Å². The van der Waals surface area contributed by atoms with Crippen molar-refractivity contribution in [1.29, 1.82) is 0 Å². The minimum absolute atomic E-state index is 0.0238. The molecule has 2 aromatic carbocycles. The predicted molar refractivity (Wildman–Crippen MR) is 123 cm³/mol. The van der Waals surface area contributed by atoms with Crippen molar-refractivity contribution in [1.82, 2.24) is 9.97 Å². The number of alkyl halides is 3. The molecule has 6 nitrogen and oxygen atoms in total. The second-order valence-corrected chi connectivity index (χ2v) is 7.76. The van der Waals surface area contributed by atoms with Gasteiger partial charge >= 0.3 is 6.18 Å². The normalized spacial score (nSPS) is 12.4. The molecule has 1 atom stereocenters. The first-order chi connectivity index (χ1) is 15.6. The summed E-state index contributed by atoms with van der Waals surface area (Å²) in [7, 11) is 0. The van der Waals surface area contributed by atoms with Gasteiger partial charge in [-0.1, -0.05) is 13.0 Å². The van der Waals surface area contributed by atoms with Crippen molar-refractivity contribution < 1.29 is 22.6 Å². The van der Waals surface area contributed by atoms with Crippen LogP contribution >= 0.6 is 0 Å². The number of nitrogens with zero attached hydrogens (tertiary/aromatic N) is 2. The highest BCUT2D eigenvalue weighted by molar-refractivity contribution is 5.64. The van der Waals surface area contributed by atoms with Gasteiger partial charge in [0.05, 0.1) is 12.2 Å². The van der Waals surface area contributed by atoms with Crippen LogP contribution in [0.4, 0.5) is 36.3 Å². The van der Waals surface area contributed by atoms with Crippen LogP contribution in [0.2, 0.25) is 0 Å². The SMILES string of the molecule is CCC(C)Oc1ccc(Nc2ncc(C(F)(F)F)c(Nc3cccc(OC(C)C)c3)n2)cc1. The minimum Gasteiger partial charge on any atom is -0.491 e. The summed E-state index contributed by atoms with van der Waals surface area (Å²) in [6.07, 6.45) is -2.97. The average Bonchev–Trinajstić information content (AvgIpc) is 2.74. The van der Waals surface area contributed by atoms with Gasteiger partial charge in [0.1, 0.15) is 22.9 Å². The second kappa shape index (κ2) is 10.4. The Kier molecular flexibility index (Phi) is 7.63. The summed E-state index contributed by atoms with van der Waals surface area (Å²) in [5, 5.41) is 5.68. The molecule has 0 aliphatic heterocycles. The van der Waals surface area contributed by atoms with Crippen molar-refractivity contribution in [2.24, 2.45) is 0 Å². The molecule has 1 unspecified atom stereocenters. The number of hydrogen-bond donors (Lipinski definition) is 2. The lowest BCUT2D eigenvalue weighted by molar-refractivity contribution is -0.137. The topological polar surface area (TPSA) is 68.3 Å². The van der Waals surface area contributed by atoms with Crippen LogP contribution in [-0.2, 0) is 6.18 Å². The van der Waals surface area contributed by atoms with Crippen LogP contribution in [0.3, 0.4) is 0 Å². The van der Waals surface area contributed by atoms with E-state index >= 15 is 0 Å². The van der Waals surface area contributed by atoms with Crippen LogP contribution in [0.25, 0.3) is 0 Å². The van der Waals surface area contributed by atoms with Gasteiger partial charge in [0.15, 0.2) is 0 Å². The lowest BCUT2D eigenvalue weighted by Gasteiger charge is -2.16. The van der Waals surface area contributed by atoms with Gasteiger partial charge in [-0.3, -0.25) is 0 Å². The molecule has 0 radical (unpaired) electrons. The number of hydrogen-bond acceptors (Lipinski definition) is 6. The zero-order valence-corrected chi connectivity index (χ0v) is 18.9. The lowest BCUT2D eigenvalue weighted by Crippen LogP contribution is -2.13. The molecule has 2 N–H and O–H groups in total. The van der Waals surface area contributed by atoms with Crippen LogP contribution in [0.15, 0.2) is 54.7 Å². The molecule has 1 heterocycles. The Balaban J connectivity index is 1.83. The summed E-state index contributed by atoms with van der Waals surface area (Å²) >= 11 is 0. The molecule has 0 bridgehead atoms. The molecule has 3 rings (SSSR count). The van der Waals surface area contributed by atoms with E-state index in [0.29, 0.717) is 22.9 Å². The van der Waals surface area contributed by atoms with E-state index in [4.69, 9.17) is 9.47 Å². The molecule has 0 aliphatic carbocycles. The van der Waals surface area contributed by atoms with E-state index in [1.54, 1.807) is 48.5 Å². The van der Waals surface area contributed by atoms with Crippen LogP contribution in [0.1, 0.15) is 39.7 Å². The van der Waals surface area contributed by atoms with Crippen molar-refractivity contribution in [2.75, 3.05) is 10.6 Å². The van der Waals surface area contributed by atoms with Gasteiger partial charge in [-0.2, -0.15) is 18.2 Å². The molecule has 33 heavy (non-hydrogen) atoms. The van der Waals surface area contributed by atoms with Crippen LogP contribution in [-0.4, -0.2) is 22.2 Å². The summed E-state index contributed by atoms with van der Waals surface area (Å²) in [5.74, 6) is 0.902. The number of nitrogens with one attached hydrogen (secondary N) is 2. The van der Waals surface area contributed by atoms with E-state index in [1.165, 1.54) is 0 Å². The second-order valence-electron chi connectivity index (χ2n) is 7.76. The highest BCUT2D eigenvalue weighted by Crippen LogP contribution is 2.36. The smallest absolute Gasteiger partial charge is 0.421 e. The van der Waals surface area contributed by atoms with Crippen molar-refractivity contribution in [3.8, 4) is 11.5 Å². The van der Waals surface area contributed by atoms with E-state index in [2.05, 4.69) is 20.6 Å². The van der Waals surface area contributed by atoms with Crippen molar-refractivity contribution >= 4 is 23.1 Å². The van der Waals surface area contributed by atoms with Gasteiger partial charge in [0.2, 0.25) is 5.95 Å². The first-order valence-corrected chi connectivity index (χ1v) is 10.7. The summed E-state index contributed by atoms with van der Waals surface area (Å²) in [6.45, 7) is 7.74. The fourth-order valence-electron chi connectivity index (χ4n) is 2.86. The maximum atomic E-state index is 13.6. The van der Waals surface area contributed by atoms with Crippen LogP contribution in [0.5, 0.6) is 11.5 Å². The fourth-order valence-corrected chi connectivity index (χ4v) is 2.86. The summed E-state index contributed by atoms with van der Waals surface area (Å²) in [5.41, 5.74) is 0.0555. The Morgan fingerprint density at radius 1 is 0.909 bits per heavy atom. The first-order valence-electron chi connectivity index (χ1n) is 10.7. The van der Waals surface area contributed by atoms with Gasteiger partial charge in [0, 0.05) is 23.6 Å². The van der Waals surface area contributed by atoms with E-state index in [1.807, 2.05) is 27.7 Å². The molecule has 0 saturated carbocycles. The summed E-state index contributed by atoms with van der Waals surface area (Å²) in [6, 6.07) is 13.7. The highest BCUT2D eigenvalue weighted by Gasteiger charge is 2.35. The molecule has 1 aromatic heterocycles. The molecule has 0 spiro atoms. The van der Waals surface area contributed by atoms with E-state index < -0.39 is 11.7 Å². The summed E-state index contributed by atoms with van der Waals surface area (Å²) < 4.78 is 52.0. The Morgan fingerprint density at radius 3 is 2.27 bits per heavy atom. The third kappa shape index (κ3) is 7.00. The van der Waals surface area contributed by atoms with Gasteiger partial charge in [-0.15, -0.1) is 0 Å². The number of ether oxygens (including phenoxy) is 2. The zero-order valence-electron chi connectivity index (χ0n) is 18.9. The Hall–Kier alpha value is -3.49. The van der Waals surface area contributed by atoms with Gasteiger partial charge in [-0.25, -0.2) is 4.98 Å². The third-order valence-corrected chi connectivity index (χ3v) is 4.59. The number of benzene rings is 2. The molecule has 0 saturated heterocycles. The van der Waals surface area contributed by atoms with Gasteiger partial charge < -0.3 is 20.1 Å². The maximum absolute atomic E-state index is 13.6. The Bertz CT molecular complexity index is 1060. The van der Waals surface area contributed by atoms with Gasteiger partial charge in [-0.05, 0) is 63.6 Å². The molecule has 176 valence electrons.